The van der Waals surface area contributed by atoms with Gasteiger partial charge in [0.25, 0.3) is 0 Å². The van der Waals surface area contributed by atoms with Crippen molar-refractivity contribution in [3.05, 3.63) is 0 Å². The highest BCUT2D eigenvalue weighted by Gasteiger charge is 2.55. The number of ether oxygens (including phenoxy) is 3. The molecule has 1 saturated heterocycles. The van der Waals surface area contributed by atoms with Gasteiger partial charge in [-0.1, -0.05) is 0 Å². The van der Waals surface area contributed by atoms with Crippen LogP contribution in [0.2, 0.25) is 0 Å². The Morgan fingerprint density at radius 3 is 2.86 bits per heavy atom. The molecular formula is C11H20O3. The quantitative estimate of drug-likeness (QED) is 0.692. The summed E-state index contributed by atoms with van der Waals surface area (Å²) in [5.74, 6) is 0.559. The van der Waals surface area contributed by atoms with Crippen LogP contribution in [0.1, 0.15) is 26.2 Å². The van der Waals surface area contributed by atoms with E-state index in [-0.39, 0.29) is 11.7 Å². The lowest BCUT2D eigenvalue weighted by molar-refractivity contribution is -0.133. The van der Waals surface area contributed by atoms with E-state index in [1.807, 2.05) is 0 Å². The number of hydrogen-bond acceptors (Lipinski definition) is 3. The Morgan fingerprint density at radius 1 is 1.43 bits per heavy atom. The van der Waals surface area contributed by atoms with Crippen molar-refractivity contribution in [1.29, 1.82) is 0 Å². The summed E-state index contributed by atoms with van der Waals surface area (Å²) < 4.78 is 16.9. The molecule has 2 rings (SSSR count). The zero-order valence-corrected chi connectivity index (χ0v) is 9.29. The van der Waals surface area contributed by atoms with Crippen molar-refractivity contribution in [1.82, 2.24) is 0 Å². The smallest absolute Gasteiger partial charge is 0.118 e. The molecule has 0 aromatic heterocycles. The second-order valence-electron chi connectivity index (χ2n) is 4.53. The van der Waals surface area contributed by atoms with E-state index in [0.29, 0.717) is 18.6 Å². The molecule has 1 saturated carbocycles. The van der Waals surface area contributed by atoms with Gasteiger partial charge in [-0.2, -0.15) is 0 Å². The maximum Gasteiger partial charge on any atom is 0.118 e. The van der Waals surface area contributed by atoms with Crippen molar-refractivity contribution in [3.63, 3.8) is 0 Å². The highest BCUT2D eigenvalue weighted by Crippen LogP contribution is 2.47. The summed E-state index contributed by atoms with van der Waals surface area (Å²) in [6.07, 6.45) is 4.08. The molecule has 0 amide bonds. The largest absolute Gasteiger partial charge is 0.382 e. The van der Waals surface area contributed by atoms with E-state index in [1.165, 1.54) is 12.8 Å². The molecule has 0 N–H and O–H groups in total. The van der Waals surface area contributed by atoms with Gasteiger partial charge in [-0.15, -0.1) is 0 Å². The second kappa shape index (κ2) is 3.80. The third-order valence-electron chi connectivity index (χ3n) is 3.71. The van der Waals surface area contributed by atoms with Crippen LogP contribution in [0.15, 0.2) is 0 Å². The number of fused-ring (bicyclic) bond motifs is 2. The highest BCUT2D eigenvalue weighted by molar-refractivity contribution is 5.04. The standard InChI is InChI=1S/C11H20O3/c1-8-9-5-4-6-11(14-8,7-12-2)10(9)13-3/h8-10H,4-7H2,1-3H3/t8-,9-,10?,11+/m0/s1. The average Bonchev–Trinajstić information content (AvgIpc) is 2.30. The van der Waals surface area contributed by atoms with Crippen LogP contribution in [0.4, 0.5) is 0 Å². The average molecular weight is 200 g/mol. The van der Waals surface area contributed by atoms with Gasteiger partial charge in [0.15, 0.2) is 0 Å². The molecule has 14 heavy (non-hydrogen) atoms. The van der Waals surface area contributed by atoms with Crippen molar-refractivity contribution in [2.45, 2.75) is 44.0 Å². The van der Waals surface area contributed by atoms with Gasteiger partial charge in [0.2, 0.25) is 0 Å². The van der Waals surface area contributed by atoms with Crippen LogP contribution >= 0.6 is 0 Å². The lowest BCUT2D eigenvalue weighted by atomic mass is 9.77. The number of methoxy groups -OCH3 is 2. The third-order valence-corrected chi connectivity index (χ3v) is 3.71. The van der Waals surface area contributed by atoms with Gasteiger partial charge in [0, 0.05) is 20.1 Å². The minimum Gasteiger partial charge on any atom is -0.382 e. The molecule has 0 spiro atoms. The van der Waals surface area contributed by atoms with Crippen molar-refractivity contribution in [2.75, 3.05) is 20.8 Å². The first-order chi connectivity index (χ1) is 6.73. The van der Waals surface area contributed by atoms with E-state index >= 15 is 0 Å². The van der Waals surface area contributed by atoms with Gasteiger partial charge in [-0.25, -0.2) is 0 Å². The molecule has 2 fully saturated rings. The maximum absolute atomic E-state index is 6.07. The third kappa shape index (κ3) is 1.38. The van der Waals surface area contributed by atoms with E-state index in [2.05, 4.69) is 6.92 Å². The van der Waals surface area contributed by atoms with Crippen molar-refractivity contribution < 1.29 is 14.2 Å². The first kappa shape index (κ1) is 10.4. The predicted molar refractivity (Wildman–Crippen MR) is 53.3 cm³/mol. The van der Waals surface area contributed by atoms with Crippen LogP contribution < -0.4 is 0 Å². The highest BCUT2D eigenvalue weighted by atomic mass is 16.6. The Kier molecular flexibility index (Phi) is 2.82. The normalized spacial score (nSPS) is 46.9. The summed E-state index contributed by atoms with van der Waals surface area (Å²) in [7, 11) is 3.52. The minimum atomic E-state index is -0.161. The van der Waals surface area contributed by atoms with Crippen molar-refractivity contribution in [3.8, 4) is 0 Å². The summed E-state index contributed by atoms with van der Waals surface area (Å²) in [4.78, 5) is 0. The lowest BCUT2D eigenvalue weighted by Gasteiger charge is -2.37. The zero-order valence-electron chi connectivity index (χ0n) is 9.29. The molecule has 2 aliphatic rings. The molecule has 0 aromatic carbocycles. The van der Waals surface area contributed by atoms with Crippen molar-refractivity contribution >= 4 is 0 Å². The van der Waals surface area contributed by atoms with Crippen LogP contribution in [0.3, 0.4) is 0 Å². The molecule has 4 atom stereocenters. The van der Waals surface area contributed by atoms with Gasteiger partial charge in [0.1, 0.15) is 5.60 Å². The van der Waals surface area contributed by atoms with Crippen LogP contribution in [0, 0.1) is 5.92 Å². The van der Waals surface area contributed by atoms with Gasteiger partial charge >= 0.3 is 0 Å². The summed E-state index contributed by atoms with van der Waals surface area (Å²) in [5, 5.41) is 0. The van der Waals surface area contributed by atoms with Gasteiger partial charge in [-0.05, 0) is 26.2 Å². The first-order valence-electron chi connectivity index (χ1n) is 5.43. The zero-order chi connectivity index (χ0) is 10.2. The van der Waals surface area contributed by atoms with E-state index in [0.717, 1.165) is 6.42 Å². The Morgan fingerprint density at radius 2 is 2.21 bits per heavy atom. The SMILES string of the molecule is COC[C@]12CCC[C@H](C1OC)[C@H](C)O2. The van der Waals surface area contributed by atoms with Crippen molar-refractivity contribution in [2.24, 2.45) is 5.92 Å². The fourth-order valence-corrected chi connectivity index (χ4v) is 3.21. The molecule has 1 aliphatic heterocycles. The fraction of sp³-hybridized carbons (Fsp3) is 1.00. The Hall–Kier alpha value is -0.120. The van der Waals surface area contributed by atoms with E-state index in [4.69, 9.17) is 14.2 Å². The summed E-state index contributed by atoms with van der Waals surface area (Å²) in [6.45, 7) is 2.81. The minimum absolute atomic E-state index is 0.161. The summed E-state index contributed by atoms with van der Waals surface area (Å²) in [5.41, 5.74) is -0.161. The Bertz CT molecular complexity index is 203. The monoisotopic (exact) mass is 200 g/mol. The molecule has 0 aromatic rings. The molecule has 1 heterocycles. The van der Waals surface area contributed by atoms with Gasteiger partial charge < -0.3 is 14.2 Å². The van der Waals surface area contributed by atoms with E-state index in [1.54, 1.807) is 14.2 Å². The van der Waals surface area contributed by atoms with E-state index in [9.17, 15) is 0 Å². The van der Waals surface area contributed by atoms with Gasteiger partial charge in [-0.3, -0.25) is 0 Å². The van der Waals surface area contributed by atoms with E-state index < -0.39 is 0 Å². The molecule has 0 radical (unpaired) electrons. The lowest BCUT2D eigenvalue weighted by Crippen LogP contribution is -2.48. The Labute approximate surface area is 85.7 Å². The first-order valence-corrected chi connectivity index (χ1v) is 5.43. The molecule has 2 bridgehead atoms. The van der Waals surface area contributed by atoms with Crippen LogP contribution in [-0.4, -0.2) is 38.6 Å². The van der Waals surface area contributed by atoms with Crippen LogP contribution in [0.25, 0.3) is 0 Å². The number of hydrogen-bond donors (Lipinski definition) is 0. The molecule has 1 aliphatic carbocycles. The summed E-state index contributed by atoms with van der Waals surface area (Å²) >= 11 is 0. The molecule has 3 heteroatoms. The molecular weight excluding hydrogens is 180 g/mol. The Balaban J connectivity index is 2.20. The second-order valence-corrected chi connectivity index (χ2v) is 4.53. The molecule has 1 unspecified atom stereocenters. The van der Waals surface area contributed by atoms with Crippen LogP contribution in [0.5, 0.6) is 0 Å². The topological polar surface area (TPSA) is 27.7 Å². The van der Waals surface area contributed by atoms with Gasteiger partial charge in [0.05, 0.1) is 18.8 Å². The van der Waals surface area contributed by atoms with Crippen LogP contribution in [-0.2, 0) is 14.2 Å². The number of rotatable bonds is 3. The maximum atomic E-state index is 6.07. The molecule has 3 nitrogen and oxygen atoms in total. The predicted octanol–water partition coefficient (Wildman–Crippen LogP) is 1.61. The molecule has 82 valence electrons. The fourth-order valence-electron chi connectivity index (χ4n) is 3.21. The summed E-state index contributed by atoms with van der Waals surface area (Å²) in [6, 6.07) is 0.